The summed E-state index contributed by atoms with van der Waals surface area (Å²) in [5, 5.41) is 2.98. The highest BCUT2D eigenvalue weighted by Gasteiger charge is 2.29. The summed E-state index contributed by atoms with van der Waals surface area (Å²) in [5.74, 6) is 1.17. The molecule has 0 spiro atoms. The zero-order valence-corrected chi connectivity index (χ0v) is 16.6. The molecule has 26 heavy (non-hydrogen) atoms. The highest BCUT2D eigenvalue weighted by atomic mass is 32.2. The third-order valence-electron chi connectivity index (χ3n) is 4.75. The van der Waals surface area contributed by atoms with E-state index in [4.69, 9.17) is 4.74 Å². The highest BCUT2D eigenvalue weighted by Crippen LogP contribution is 2.20. The minimum absolute atomic E-state index is 0.0316. The van der Waals surface area contributed by atoms with Gasteiger partial charge in [0.15, 0.2) is 0 Å². The molecule has 1 aromatic carbocycles. The summed E-state index contributed by atoms with van der Waals surface area (Å²) >= 11 is 0. The van der Waals surface area contributed by atoms with Crippen LogP contribution in [0.15, 0.2) is 24.3 Å². The number of nitrogens with zero attached hydrogens (tertiary/aromatic N) is 2. The number of benzene rings is 1. The van der Waals surface area contributed by atoms with Crippen LogP contribution in [0.5, 0.6) is 5.75 Å². The summed E-state index contributed by atoms with van der Waals surface area (Å²) in [4.78, 5) is 12.0. The maximum absolute atomic E-state index is 12.1. The van der Waals surface area contributed by atoms with E-state index in [0.29, 0.717) is 38.4 Å². The number of ether oxygens (including phenoxy) is 1. The van der Waals surface area contributed by atoms with Crippen molar-refractivity contribution < 1.29 is 17.9 Å². The topological polar surface area (TPSA) is 79.0 Å². The summed E-state index contributed by atoms with van der Waals surface area (Å²) in [7, 11) is 1.39. The van der Waals surface area contributed by atoms with Gasteiger partial charge < -0.3 is 10.1 Å². The minimum Gasteiger partial charge on any atom is -0.497 e. The minimum atomic E-state index is -3.33. The molecule has 0 saturated carbocycles. The second-order valence-corrected chi connectivity index (χ2v) is 8.93. The molecule has 8 heteroatoms. The molecule has 1 fully saturated rings. The van der Waals surface area contributed by atoms with E-state index in [0.717, 1.165) is 24.2 Å². The van der Waals surface area contributed by atoms with Crippen LogP contribution in [-0.2, 0) is 21.4 Å². The predicted molar refractivity (Wildman–Crippen MR) is 101 cm³/mol. The van der Waals surface area contributed by atoms with Crippen molar-refractivity contribution in [1.82, 2.24) is 13.9 Å². The first-order valence-electron chi connectivity index (χ1n) is 8.90. The Hall–Kier alpha value is -1.64. The highest BCUT2D eigenvalue weighted by molar-refractivity contribution is 7.86. The van der Waals surface area contributed by atoms with E-state index in [1.807, 2.05) is 24.3 Å². The molecule has 1 amide bonds. The molecular formula is C18H29N3O4S. The predicted octanol–water partition coefficient (Wildman–Crippen LogP) is 1.26. The van der Waals surface area contributed by atoms with Crippen molar-refractivity contribution in [2.45, 2.75) is 25.7 Å². The summed E-state index contributed by atoms with van der Waals surface area (Å²) in [6, 6.07) is 7.71. The van der Waals surface area contributed by atoms with Gasteiger partial charge in [0.2, 0.25) is 5.91 Å². The number of carbonyl (C=O) groups excluding carboxylic acids is 1. The Labute approximate surface area is 156 Å². The average Bonchev–Trinajstić information content (AvgIpc) is 2.65. The van der Waals surface area contributed by atoms with Crippen molar-refractivity contribution in [3.05, 3.63) is 29.8 Å². The Morgan fingerprint density at radius 3 is 2.38 bits per heavy atom. The number of carbonyl (C=O) groups is 1. The maximum Gasteiger partial charge on any atom is 0.281 e. The lowest BCUT2D eigenvalue weighted by Crippen LogP contribution is -2.45. The molecule has 0 bridgehead atoms. The number of hydrogen-bond acceptors (Lipinski definition) is 4. The van der Waals surface area contributed by atoms with Crippen molar-refractivity contribution >= 4 is 16.1 Å². The number of amides is 1. The Morgan fingerprint density at radius 1 is 1.23 bits per heavy atom. The molecule has 1 aliphatic heterocycles. The van der Waals surface area contributed by atoms with Gasteiger partial charge in [0.1, 0.15) is 5.75 Å². The van der Waals surface area contributed by atoms with Gasteiger partial charge in [-0.2, -0.15) is 17.0 Å². The number of piperidine rings is 1. The Kier molecular flexibility index (Phi) is 7.43. The first kappa shape index (κ1) is 20.7. The van der Waals surface area contributed by atoms with Crippen LogP contribution in [0.2, 0.25) is 0 Å². The number of rotatable bonds is 8. The first-order valence-corrected chi connectivity index (χ1v) is 10.3. The molecule has 2 rings (SSSR count). The van der Waals surface area contributed by atoms with Gasteiger partial charge in [-0.15, -0.1) is 0 Å². The molecule has 0 unspecified atom stereocenters. The van der Waals surface area contributed by atoms with E-state index in [1.54, 1.807) is 21.2 Å². The molecule has 1 aliphatic rings. The summed E-state index contributed by atoms with van der Waals surface area (Å²) in [6.45, 7) is 1.62. The zero-order chi connectivity index (χ0) is 19.2. The van der Waals surface area contributed by atoms with E-state index < -0.39 is 10.2 Å². The summed E-state index contributed by atoms with van der Waals surface area (Å²) in [6.07, 6.45) is 2.67. The third kappa shape index (κ3) is 5.69. The van der Waals surface area contributed by atoms with Crippen LogP contribution in [0.25, 0.3) is 0 Å². The molecule has 146 valence electrons. The molecule has 1 N–H and O–H groups in total. The molecule has 1 heterocycles. The molecule has 0 aromatic heterocycles. The van der Waals surface area contributed by atoms with Crippen molar-refractivity contribution in [1.29, 1.82) is 0 Å². The summed E-state index contributed by atoms with van der Waals surface area (Å²) < 4.78 is 32.1. The lowest BCUT2D eigenvalue weighted by molar-refractivity contribution is -0.121. The molecule has 0 radical (unpaired) electrons. The van der Waals surface area contributed by atoms with E-state index in [9.17, 15) is 13.2 Å². The quantitative estimate of drug-likeness (QED) is 0.733. The molecule has 7 nitrogen and oxygen atoms in total. The number of aryl methyl sites for hydroxylation is 1. The molecule has 0 atom stereocenters. The smallest absolute Gasteiger partial charge is 0.281 e. The van der Waals surface area contributed by atoms with Crippen molar-refractivity contribution in [3.63, 3.8) is 0 Å². The largest absolute Gasteiger partial charge is 0.497 e. The van der Waals surface area contributed by atoms with Crippen molar-refractivity contribution in [2.24, 2.45) is 5.92 Å². The lowest BCUT2D eigenvalue weighted by atomic mass is 9.98. The van der Waals surface area contributed by atoms with Gasteiger partial charge in [0.25, 0.3) is 10.2 Å². The fraction of sp³-hybridized carbons (Fsp3) is 0.611. The first-order chi connectivity index (χ1) is 12.3. The van der Waals surface area contributed by atoms with Crippen LogP contribution in [-0.4, -0.2) is 63.8 Å². The fourth-order valence-electron chi connectivity index (χ4n) is 2.97. The van der Waals surface area contributed by atoms with E-state index in [1.165, 1.54) is 8.61 Å². The Balaban J connectivity index is 1.68. The standard InChI is InChI=1S/C18H29N3O4S/c1-20(2)26(23,24)21-12-10-16(11-13-21)14-19-18(22)9-6-15-4-7-17(25-3)8-5-15/h4-5,7-8,16H,6,9-14H2,1-3H3,(H,19,22). The van der Waals surface area contributed by atoms with Gasteiger partial charge >= 0.3 is 0 Å². The summed E-state index contributed by atoms with van der Waals surface area (Å²) in [5.41, 5.74) is 1.10. The number of nitrogens with one attached hydrogen (secondary N) is 1. The average molecular weight is 384 g/mol. The second-order valence-electron chi connectivity index (χ2n) is 6.78. The lowest BCUT2D eigenvalue weighted by Gasteiger charge is -2.32. The molecule has 0 aliphatic carbocycles. The van der Waals surface area contributed by atoms with Gasteiger partial charge in [-0.05, 0) is 42.9 Å². The third-order valence-corrected chi connectivity index (χ3v) is 6.69. The van der Waals surface area contributed by atoms with Crippen LogP contribution in [0.1, 0.15) is 24.8 Å². The van der Waals surface area contributed by atoms with E-state index >= 15 is 0 Å². The van der Waals surface area contributed by atoms with E-state index in [2.05, 4.69) is 5.32 Å². The van der Waals surface area contributed by atoms with Crippen LogP contribution < -0.4 is 10.1 Å². The van der Waals surface area contributed by atoms with Gasteiger partial charge in [0, 0.05) is 40.2 Å². The Bertz CT molecular complexity index is 681. The van der Waals surface area contributed by atoms with Gasteiger partial charge in [0.05, 0.1) is 7.11 Å². The van der Waals surface area contributed by atoms with Gasteiger partial charge in [-0.1, -0.05) is 12.1 Å². The van der Waals surface area contributed by atoms with Gasteiger partial charge in [-0.3, -0.25) is 4.79 Å². The fourth-order valence-corrected chi connectivity index (χ4v) is 4.11. The number of methoxy groups -OCH3 is 1. The Morgan fingerprint density at radius 2 is 1.85 bits per heavy atom. The SMILES string of the molecule is COc1ccc(CCC(=O)NCC2CCN(S(=O)(=O)N(C)C)CC2)cc1. The molecular weight excluding hydrogens is 354 g/mol. The van der Waals surface area contributed by atoms with Gasteiger partial charge in [-0.25, -0.2) is 0 Å². The van der Waals surface area contributed by atoms with Crippen LogP contribution in [0.4, 0.5) is 0 Å². The maximum atomic E-state index is 12.1. The monoisotopic (exact) mass is 383 g/mol. The van der Waals surface area contributed by atoms with E-state index in [-0.39, 0.29) is 5.91 Å². The van der Waals surface area contributed by atoms with Crippen molar-refractivity contribution in [2.75, 3.05) is 40.8 Å². The van der Waals surface area contributed by atoms with Crippen LogP contribution in [0, 0.1) is 5.92 Å². The van der Waals surface area contributed by atoms with Crippen molar-refractivity contribution in [3.8, 4) is 5.75 Å². The second kappa shape index (κ2) is 9.34. The zero-order valence-electron chi connectivity index (χ0n) is 15.8. The normalized spacial score (nSPS) is 16.6. The number of hydrogen-bond donors (Lipinski definition) is 1. The molecule has 1 aromatic rings. The molecule has 1 saturated heterocycles. The van der Waals surface area contributed by atoms with Crippen LogP contribution >= 0.6 is 0 Å². The van der Waals surface area contributed by atoms with Crippen LogP contribution in [0.3, 0.4) is 0 Å².